The molecule has 2 saturated heterocycles. The molecule has 1 N–H and O–H groups in total. The number of hydrogen-bond acceptors (Lipinski definition) is 6. The van der Waals surface area contributed by atoms with E-state index in [9.17, 15) is 19.5 Å². The molecule has 4 heterocycles. The second-order valence-corrected chi connectivity index (χ2v) is 11.0. The molecule has 34 heavy (non-hydrogen) atoms. The number of nitrogens with zero attached hydrogens (tertiary/aromatic N) is 2. The van der Waals surface area contributed by atoms with Crippen LogP contribution in [0.25, 0.3) is 0 Å². The Labute approximate surface area is 203 Å². The van der Waals surface area contributed by atoms with Crippen LogP contribution in [0.1, 0.15) is 24.5 Å². The van der Waals surface area contributed by atoms with Crippen molar-refractivity contribution in [2.24, 2.45) is 11.8 Å². The molecule has 1 spiro atoms. The van der Waals surface area contributed by atoms with Crippen LogP contribution < -0.4 is 4.90 Å². The fourth-order valence-corrected chi connectivity index (χ4v) is 7.93. The van der Waals surface area contributed by atoms with Gasteiger partial charge in [0.15, 0.2) is 0 Å². The van der Waals surface area contributed by atoms with E-state index in [1.165, 1.54) is 11.8 Å². The molecule has 1 unspecified atom stereocenters. The zero-order valence-corrected chi connectivity index (χ0v) is 20.5. The second-order valence-electron chi connectivity index (χ2n) is 9.53. The van der Waals surface area contributed by atoms with E-state index in [0.717, 1.165) is 16.8 Å². The Kier molecular flexibility index (Phi) is 5.84. The number of amides is 2. The number of aliphatic hydroxyl groups excluding tert-OH is 1. The summed E-state index contributed by atoms with van der Waals surface area (Å²) in [7, 11) is 0. The van der Waals surface area contributed by atoms with Crippen molar-refractivity contribution < 1.29 is 24.2 Å². The molecule has 0 bridgehead atoms. The van der Waals surface area contributed by atoms with Crippen LogP contribution >= 0.6 is 11.8 Å². The number of cyclic esters (lactones) is 1. The molecule has 7 nitrogen and oxygen atoms in total. The maximum Gasteiger partial charge on any atom is 0.311 e. The number of anilines is 1. The third-order valence-electron chi connectivity index (χ3n) is 7.58. The number of hydrogen-bond donors (Lipinski definition) is 1. The number of carbonyl (C=O) groups is 3. The number of fused-ring (bicyclic) bond motifs is 2. The average molecular weight is 483 g/mol. The highest BCUT2D eigenvalue weighted by Crippen LogP contribution is 2.61. The average Bonchev–Trinajstić information content (AvgIpc) is 3.12. The van der Waals surface area contributed by atoms with Gasteiger partial charge in [-0.25, -0.2) is 0 Å². The molecule has 2 amide bonds. The first-order chi connectivity index (χ1) is 16.3. The number of benzene rings is 1. The summed E-state index contributed by atoms with van der Waals surface area (Å²) < 4.78 is 4.49. The maximum atomic E-state index is 14.3. The van der Waals surface area contributed by atoms with E-state index in [-0.39, 0.29) is 30.3 Å². The molecular weight excluding hydrogens is 452 g/mol. The highest BCUT2D eigenvalue weighted by atomic mass is 32.2. The maximum absolute atomic E-state index is 14.3. The second kappa shape index (κ2) is 8.57. The van der Waals surface area contributed by atoms with E-state index in [4.69, 9.17) is 4.74 Å². The molecule has 5 rings (SSSR count). The number of rotatable bonds is 4. The Hall–Kier alpha value is -2.58. The molecule has 180 valence electrons. The van der Waals surface area contributed by atoms with Crippen molar-refractivity contribution in [2.75, 3.05) is 24.7 Å². The minimum atomic E-state index is -0.904. The Morgan fingerprint density at radius 1 is 1.21 bits per heavy atom. The van der Waals surface area contributed by atoms with Crippen LogP contribution in [-0.4, -0.2) is 69.6 Å². The van der Waals surface area contributed by atoms with Gasteiger partial charge in [0.05, 0.1) is 29.2 Å². The summed E-state index contributed by atoms with van der Waals surface area (Å²) in [6, 6.07) is 4.67. The van der Waals surface area contributed by atoms with E-state index >= 15 is 0 Å². The monoisotopic (exact) mass is 482 g/mol. The van der Waals surface area contributed by atoms with Gasteiger partial charge in [-0.05, 0) is 37.5 Å². The standard InChI is InChI=1S/C26H30N2O5S/c1-4-17(14-29)28-22-24(31)27(18-13-15(2)8-9-16(18)3)11-6-10-26(22)21(23(28)30)20-19(34-26)7-5-12-33-25(20)32/h5-10,13,17,19-22,29H,4,11-12,14H2,1-3H3/t17-,19-,20+,21-,22?,26-/m0/s1. The van der Waals surface area contributed by atoms with Crippen molar-refractivity contribution in [1.82, 2.24) is 4.90 Å². The lowest BCUT2D eigenvalue weighted by molar-refractivity contribution is -0.152. The van der Waals surface area contributed by atoms with Gasteiger partial charge >= 0.3 is 5.97 Å². The zero-order valence-electron chi connectivity index (χ0n) is 19.6. The van der Waals surface area contributed by atoms with E-state index in [0.29, 0.717) is 13.0 Å². The predicted molar refractivity (Wildman–Crippen MR) is 130 cm³/mol. The number of carbonyl (C=O) groups excluding carboxylic acids is 3. The number of aliphatic hydroxyl groups is 1. The van der Waals surface area contributed by atoms with Gasteiger partial charge in [0.25, 0.3) is 5.91 Å². The van der Waals surface area contributed by atoms with Gasteiger partial charge in [-0.2, -0.15) is 0 Å². The fraction of sp³-hybridized carbons (Fsp3) is 0.500. The van der Waals surface area contributed by atoms with Crippen molar-refractivity contribution >= 4 is 35.2 Å². The molecule has 0 aromatic heterocycles. The Bertz CT molecular complexity index is 1100. The summed E-state index contributed by atoms with van der Waals surface area (Å²) in [6.45, 7) is 6.18. The van der Waals surface area contributed by atoms with E-state index in [1.807, 2.05) is 63.3 Å². The van der Waals surface area contributed by atoms with Crippen molar-refractivity contribution in [1.29, 1.82) is 0 Å². The Morgan fingerprint density at radius 2 is 2.00 bits per heavy atom. The summed E-state index contributed by atoms with van der Waals surface area (Å²) in [4.78, 5) is 44.7. The van der Waals surface area contributed by atoms with Crippen LogP contribution in [0.4, 0.5) is 5.69 Å². The highest BCUT2D eigenvalue weighted by molar-refractivity contribution is 8.02. The number of ether oxygens (including phenoxy) is 1. The molecule has 6 atom stereocenters. The van der Waals surface area contributed by atoms with Crippen LogP contribution in [0, 0.1) is 25.7 Å². The highest BCUT2D eigenvalue weighted by Gasteiger charge is 2.71. The van der Waals surface area contributed by atoms with Crippen molar-refractivity contribution in [3.8, 4) is 0 Å². The zero-order chi connectivity index (χ0) is 24.2. The molecule has 0 radical (unpaired) electrons. The summed E-state index contributed by atoms with van der Waals surface area (Å²) in [6.07, 6.45) is 8.20. The lowest BCUT2D eigenvalue weighted by atomic mass is 9.78. The number of likely N-dealkylation sites (tertiary alicyclic amines) is 1. The summed E-state index contributed by atoms with van der Waals surface area (Å²) in [5, 5.41) is 9.92. The molecule has 2 fully saturated rings. The topological polar surface area (TPSA) is 87.2 Å². The Morgan fingerprint density at radius 3 is 2.74 bits per heavy atom. The summed E-state index contributed by atoms with van der Waals surface area (Å²) >= 11 is 1.52. The lowest BCUT2D eigenvalue weighted by Crippen LogP contribution is -2.56. The number of thioether (sulfide) groups is 1. The van der Waals surface area contributed by atoms with E-state index < -0.39 is 34.6 Å². The van der Waals surface area contributed by atoms with E-state index in [2.05, 4.69) is 0 Å². The largest absolute Gasteiger partial charge is 0.461 e. The van der Waals surface area contributed by atoms with Crippen molar-refractivity contribution in [2.45, 2.75) is 49.3 Å². The predicted octanol–water partition coefficient (Wildman–Crippen LogP) is 2.39. The van der Waals surface area contributed by atoms with Crippen LogP contribution in [0.3, 0.4) is 0 Å². The molecule has 1 aromatic carbocycles. The Balaban J connectivity index is 1.67. The lowest BCUT2D eigenvalue weighted by Gasteiger charge is -2.38. The minimum Gasteiger partial charge on any atom is -0.461 e. The molecule has 1 aromatic rings. The third kappa shape index (κ3) is 3.26. The quantitative estimate of drug-likeness (QED) is 0.524. The summed E-state index contributed by atoms with van der Waals surface area (Å²) in [5.41, 5.74) is 2.83. The van der Waals surface area contributed by atoms with Gasteiger partial charge in [0.2, 0.25) is 5.91 Å². The minimum absolute atomic E-state index is 0.178. The van der Waals surface area contributed by atoms with Gasteiger partial charge in [0.1, 0.15) is 12.6 Å². The number of aryl methyl sites for hydroxylation is 2. The van der Waals surface area contributed by atoms with Gasteiger partial charge in [-0.1, -0.05) is 43.4 Å². The molecule has 8 heteroatoms. The first kappa shape index (κ1) is 23.2. The molecule has 4 aliphatic heterocycles. The third-order valence-corrected chi connectivity index (χ3v) is 9.33. The normalized spacial score (nSPS) is 33.2. The molecular formula is C26H30N2O5S. The van der Waals surface area contributed by atoms with Gasteiger partial charge in [-0.3, -0.25) is 14.4 Å². The first-order valence-corrected chi connectivity index (χ1v) is 12.7. The summed E-state index contributed by atoms with van der Waals surface area (Å²) in [5.74, 6) is -2.21. The van der Waals surface area contributed by atoms with Gasteiger partial charge in [0, 0.05) is 17.5 Å². The molecule has 0 saturated carbocycles. The SMILES string of the molecule is CC[C@@H](CO)N1C(=O)[C@@H]2[C@@H]3C(=O)OCC=C[C@@H]3S[C@@]23C=CCN(c2cc(C)ccc2C)C(=O)C13. The van der Waals surface area contributed by atoms with Crippen LogP contribution in [-0.2, 0) is 19.1 Å². The van der Waals surface area contributed by atoms with Crippen molar-refractivity contribution in [3.63, 3.8) is 0 Å². The first-order valence-electron chi connectivity index (χ1n) is 11.8. The van der Waals surface area contributed by atoms with E-state index in [1.54, 1.807) is 9.80 Å². The van der Waals surface area contributed by atoms with Crippen LogP contribution in [0.5, 0.6) is 0 Å². The molecule has 4 aliphatic rings. The fourth-order valence-electron chi connectivity index (χ4n) is 5.94. The van der Waals surface area contributed by atoms with Crippen LogP contribution in [0.2, 0.25) is 0 Å². The van der Waals surface area contributed by atoms with Crippen molar-refractivity contribution in [3.05, 3.63) is 53.6 Å². The van der Waals surface area contributed by atoms with Crippen LogP contribution in [0.15, 0.2) is 42.5 Å². The van der Waals surface area contributed by atoms with Gasteiger partial charge < -0.3 is 19.6 Å². The van der Waals surface area contributed by atoms with Gasteiger partial charge in [-0.15, -0.1) is 11.8 Å². The number of esters is 1. The smallest absolute Gasteiger partial charge is 0.311 e. The molecule has 0 aliphatic carbocycles.